The molecule has 1 unspecified atom stereocenters. The monoisotopic (exact) mass is 892 g/mol. The summed E-state index contributed by atoms with van der Waals surface area (Å²) in [6, 6.07) is 94.9. The molecule has 0 saturated carbocycles. The molecule has 11 aromatic rings. The number of para-hydroxylation sites is 2. The van der Waals surface area contributed by atoms with Crippen molar-refractivity contribution in [3.8, 4) is 44.5 Å². The lowest BCUT2D eigenvalue weighted by molar-refractivity contribution is 0.660. The molecule has 0 heterocycles. The van der Waals surface area contributed by atoms with Crippen molar-refractivity contribution in [1.82, 2.24) is 0 Å². The molecule has 14 rings (SSSR count). The Kier molecular flexibility index (Phi) is 8.88. The first-order valence-corrected chi connectivity index (χ1v) is 24.5. The zero-order chi connectivity index (χ0) is 46.6. The average Bonchev–Trinajstić information content (AvgIpc) is 3.97. The minimum atomic E-state index is -0.573. The summed E-state index contributed by atoms with van der Waals surface area (Å²) in [5, 5.41) is 2.50. The zero-order valence-electron chi connectivity index (χ0n) is 39.1. The van der Waals surface area contributed by atoms with Gasteiger partial charge in [-0.25, -0.2) is 0 Å². The summed E-state index contributed by atoms with van der Waals surface area (Å²) in [6.45, 7) is 4.74. The average molecular weight is 893 g/mol. The van der Waals surface area contributed by atoms with Crippen molar-refractivity contribution >= 4 is 44.9 Å². The molecule has 3 aliphatic carbocycles. The van der Waals surface area contributed by atoms with E-state index in [-0.39, 0.29) is 5.41 Å². The second kappa shape index (κ2) is 15.4. The van der Waals surface area contributed by atoms with E-state index in [4.69, 9.17) is 0 Å². The first-order valence-electron chi connectivity index (χ1n) is 24.5. The van der Waals surface area contributed by atoms with Crippen molar-refractivity contribution < 1.29 is 0 Å². The summed E-state index contributed by atoms with van der Waals surface area (Å²) < 4.78 is 0. The molecule has 0 saturated heterocycles. The van der Waals surface area contributed by atoms with Crippen LogP contribution in [0.1, 0.15) is 47.2 Å². The standard InChI is InChI=1S/C68H48N2/c1-67(2)61-26-14-11-23-55(61)58-38-35-52(42-64(58)67)70(50-21-7-4-8-22-50)54-37-40-60-57-25-13-16-28-63(57)68(66(60)44-54)62-27-15-12-24-56(62)59-39-36-53(43-65(59)68)69(49-19-5-3-6-20-49)51-33-31-46(32-34-51)48-30-29-45-17-9-10-18-47(45)41-48/h3-44H,1-2H3. The molecular formula is C68H48N2. The van der Waals surface area contributed by atoms with E-state index in [1.165, 1.54) is 88.7 Å². The van der Waals surface area contributed by atoms with Gasteiger partial charge >= 0.3 is 0 Å². The van der Waals surface area contributed by atoms with E-state index in [1.807, 2.05) is 0 Å². The molecule has 0 N–H and O–H groups in total. The lowest BCUT2D eigenvalue weighted by Gasteiger charge is -2.33. The van der Waals surface area contributed by atoms with Crippen molar-refractivity contribution in [2.24, 2.45) is 0 Å². The number of fused-ring (bicyclic) bond motifs is 14. The fourth-order valence-electron chi connectivity index (χ4n) is 12.4. The SMILES string of the molecule is CC1(C)c2ccccc2-c2ccc(N(c3ccccc3)c3ccc4c(c3)C3(c5ccccc5-c5ccc(N(c6ccccc6)c6ccc(-c7ccc8ccccc8c7)cc6)cc53)c3ccccc3-4)cc21. The van der Waals surface area contributed by atoms with Crippen LogP contribution in [-0.4, -0.2) is 0 Å². The molecule has 1 spiro atoms. The molecule has 0 aromatic heterocycles. The van der Waals surface area contributed by atoms with Gasteiger partial charge in [-0.3, -0.25) is 0 Å². The van der Waals surface area contributed by atoms with Gasteiger partial charge in [-0.05, 0) is 168 Å². The molecule has 1 atom stereocenters. The van der Waals surface area contributed by atoms with Crippen LogP contribution < -0.4 is 9.80 Å². The molecule has 11 aromatic carbocycles. The van der Waals surface area contributed by atoms with Gasteiger partial charge in [-0.15, -0.1) is 0 Å². The minimum absolute atomic E-state index is 0.129. The van der Waals surface area contributed by atoms with Crippen molar-refractivity contribution in [1.29, 1.82) is 0 Å². The fraction of sp³-hybridized carbons (Fsp3) is 0.0588. The van der Waals surface area contributed by atoms with E-state index in [0.29, 0.717) is 0 Å². The van der Waals surface area contributed by atoms with Gasteiger partial charge in [-0.2, -0.15) is 0 Å². The Morgan fingerprint density at radius 2 is 0.614 bits per heavy atom. The van der Waals surface area contributed by atoms with Crippen LogP contribution in [0.25, 0.3) is 55.3 Å². The topological polar surface area (TPSA) is 6.48 Å². The zero-order valence-corrected chi connectivity index (χ0v) is 39.1. The molecule has 0 bridgehead atoms. The van der Waals surface area contributed by atoms with Crippen LogP contribution in [0.5, 0.6) is 0 Å². The van der Waals surface area contributed by atoms with Gasteiger partial charge in [0.05, 0.1) is 5.41 Å². The Balaban J connectivity index is 0.955. The lowest BCUT2D eigenvalue weighted by Crippen LogP contribution is -2.26. The van der Waals surface area contributed by atoms with Gasteiger partial charge in [0.1, 0.15) is 0 Å². The van der Waals surface area contributed by atoms with Gasteiger partial charge < -0.3 is 9.80 Å². The van der Waals surface area contributed by atoms with Crippen LogP contribution in [0, 0.1) is 0 Å². The van der Waals surface area contributed by atoms with Crippen LogP contribution >= 0.6 is 0 Å². The van der Waals surface area contributed by atoms with E-state index < -0.39 is 5.41 Å². The first-order chi connectivity index (χ1) is 34.5. The summed E-state index contributed by atoms with van der Waals surface area (Å²) in [5.74, 6) is 0. The minimum Gasteiger partial charge on any atom is -0.310 e. The van der Waals surface area contributed by atoms with Gasteiger partial charge in [0.15, 0.2) is 0 Å². The number of hydrogen-bond donors (Lipinski definition) is 0. The molecule has 0 aliphatic heterocycles. The summed E-state index contributed by atoms with van der Waals surface area (Å²) in [5.41, 5.74) is 24.2. The maximum absolute atomic E-state index is 2.51. The Bertz CT molecular complexity index is 3850. The van der Waals surface area contributed by atoms with Gasteiger partial charge in [0.25, 0.3) is 0 Å². The number of anilines is 6. The van der Waals surface area contributed by atoms with Crippen LogP contribution in [0.2, 0.25) is 0 Å². The maximum Gasteiger partial charge on any atom is 0.0727 e. The number of hydrogen-bond acceptors (Lipinski definition) is 2. The highest BCUT2D eigenvalue weighted by molar-refractivity contribution is 5.98. The van der Waals surface area contributed by atoms with Crippen LogP contribution in [0.15, 0.2) is 255 Å². The predicted octanol–water partition coefficient (Wildman–Crippen LogP) is 18.1. The second-order valence-corrected chi connectivity index (χ2v) is 19.7. The lowest BCUT2D eigenvalue weighted by atomic mass is 9.70. The molecule has 0 fully saturated rings. The summed E-state index contributed by atoms with van der Waals surface area (Å²) in [7, 11) is 0. The van der Waals surface area contributed by atoms with E-state index in [2.05, 4.69) is 278 Å². The van der Waals surface area contributed by atoms with Crippen molar-refractivity contribution in [3.63, 3.8) is 0 Å². The number of nitrogens with zero attached hydrogens (tertiary/aromatic N) is 2. The van der Waals surface area contributed by atoms with E-state index in [1.54, 1.807) is 0 Å². The molecular weight excluding hydrogens is 845 g/mol. The van der Waals surface area contributed by atoms with Crippen molar-refractivity contribution in [2.45, 2.75) is 24.7 Å². The van der Waals surface area contributed by atoms with Crippen LogP contribution in [-0.2, 0) is 10.8 Å². The largest absolute Gasteiger partial charge is 0.310 e. The van der Waals surface area contributed by atoms with Crippen molar-refractivity contribution in [3.05, 3.63) is 288 Å². The van der Waals surface area contributed by atoms with Crippen molar-refractivity contribution in [2.75, 3.05) is 9.80 Å². The Morgan fingerprint density at radius 3 is 1.17 bits per heavy atom. The molecule has 330 valence electrons. The number of benzene rings is 11. The third-order valence-corrected chi connectivity index (χ3v) is 15.6. The quantitative estimate of drug-likeness (QED) is 0.157. The molecule has 3 aliphatic rings. The highest BCUT2D eigenvalue weighted by Crippen LogP contribution is 2.64. The van der Waals surface area contributed by atoms with Crippen LogP contribution in [0.4, 0.5) is 34.1 Å². The van der Waals surface area contributed by atoms with E-state index in [9.17, 15) is 0 Å². The van der Waals surface area contributed by atoms with Gasteiger partial charge in [0, 0.05) is 39.5 Å². The third kappa shape index (κ3) is 5.87. The summed E-state index contributed by atoms with van der Waals surface area (Å²) >= 11 is 0. The smallest absolute Gasteiger partial charge is 0.0727 e. The highest BCUT2D eigenvalue weighted by atomic mass is 15.1. The molecule has 70 heavy (non-hydrogen) atoms. The molecule has 0 radical (unpaired) electrons. The Hall–Kier alpha value is -8.72. The summed E-state index contributed by atoms with van der Waals surface area (Å²) in [6.07, 6.45) is 0. The second-order valence-electron chi connectivity index (χ2n) is 19.7. The Labute approximate surface area is 410 Å². The number of rotatable bonds is 7. The Morgan fingerprint density at radius 1 is 0.243 bits per heavy atom. The molecule has 2 heteroatoms. The normalized spacial score (nSPS) is 15.2. The highest BCUT2D eigenvalue weighted by Gasteiger charge is 2.52. The maximum atomic E-state index is 2.51. The first kappa shape index (κ1) is 40.4. The summed E-state index contributed by atoms with van der Waals surface area (Å²) in [4.78, 5) is 4.89. The van der Waals surface area contributed by atoms with E-state index >= 15 is 0 Å². The fourth-order valence-corrected chi connectivity index (χ4v) is 12.4. The van der Waals surface area contributed by atoms with E-state index in [0.717, 1.165) is 34.1 Å². The molecule has 2 nitrogen and oxygen atoms in total. The predicted molar refractivity (Wildman–Crippen MR) is 293 cm³/mol. The van der Waals surface area contributed by atoms with Crippen LogP contribution in [0.3, 0.4) is 0 Å². The van der Waals surface area contributed by atoms with Gasteiger partial charge in [-0.1, -0.05) is 190 Å². The van der Waals surface area contributed by atoms with Gasteiger partial charge in [0.2, 0.25) is 0 Å². The molecule has 0 amide bonds. The third-order valence-electron chi connectivity index (χ3n) is 15.6.